The fraction of sp³-hybridized carbons (Fsp3) is 0.200. The Morgan fingerprint density at radius 2 is 1.62 bits per heavy atom. The van der Waals surface area contributed by atoms with Crippen LogP contribution in [0.25, 0.3) is 0 Å². The van der Waals surface area contributed by atoms with Gasteiger partial charge in [-0.25, -0.2) is 5.01 Å². The number of amides is 1. The number of rotatable bonds is 5. The lowest BCUT2D eigenvalue weighted by Gasteiger charge is -2.37. The molecule has 1 unspecified atom stereocenters. The molecule has 0 aliphatic carbocycles. The maximum atomic E-state index is 13.2. The molecule has 7 heteroatoms. The molecule has 1 atom stereocenters. The number of hydrogen-bond acceptors (Lipinski definition) is 6. The van der Waals surface area contributed by atoms with Gasteiger partial charge in [0.1, 0.15) is 0 Å². The summed E-state index contributed by atoms with van der Waals surface area (Å²) in [4.78, 5) is 15.3. The summed E-state index contributed by atoms with van der Waals surface area (Å²) in [5, 5.41) is 9.67. The first-order valence-corrected chi connectivity index (χ1v) is 10.5. The van der Waals surface area contributed by atoms with E-state index in [1.54, 1.807) is 14.2 Å². The topological polar surface area (TPSA) is 66.4 Å². The summed E-state index contributed by atoms with van der Waals surface area (Å²) < 4.78 is 11.1. The highest BCUT2D eigenvalue weighted by molar-refractivity contribution is 6.42. The fourth-order valence-corrected chi connectivity index (χ4v) is 4.29. The van der Waals surface area contributed by atoms with E-state index in [1.165, 1.54) is 0 Å². The van der Waals surface area contributed by atoms with Crippen LogP contribution in [0.4, 0.5) is 11.4 Å². The smallest absolute Gasteiger partial charge is 0.293 e. The molecule has 32 heavy (non-hydrogen) atoms. The standard InChI is InChI=1S/C25H24N4O3/c1-31-21-15-17-13-14-28-23(24(30)26-18-9-5-3-6-10-18)27-29(19-11-7-4-8-12-19)25(28)20(17)16-22(21)32-2/h3-12,15-16,25H,13-14H2,1-2H3,(H,26,30). The van der Waals surface area contributed by atoms with Gasteiger partial charge in [-0.3, -0.25) is 4.79 Å². The van der Waals surface area contributed by atoms with Crippen LogP contribution in [0.2, 0.25) is 0 Å². The first kappa shape index (κ1) is 19.9. The van der Waals surface area contributed by atoms with E-state index < -0.39 is 0 Å². The monoisotopic (exact) mass is 428 g/mol. The second kappa shape index (κ2) is 8.26. The van der Waals surface area contributed by atoms with Crippen molar-refractivity contribution in [3.63, 3.8) is 0 Å². The van der Waals surface area contributed by atoms with Gasteiger partial charge in [-0.2, -0.15) is 0 Å². The third-order valence-electron chi connectivity index (χ3n) is 5.80. The van der Waals surface area contributed by atoms with Crippen molar-refractivity contribution >= 4 is 23.1 Å². The Kier molecular flexibility index (Phi) is 5.15. The Labute approximate surface area is 186 Å². The number of hydrazone groups is 1. The zero-order valence-electron chi connectivity index (χ0n) is 18.0. The van der Waals surface area contributed by atoms with Gasteiger partial charge in [-0.05, 0) is 48.4 Å². The molecule has 0 radical (unpaired) electrons. The van der Waals surface area contributed by atoms with Gasteiger partial charge in [0.25, 0.3) is 5.91 Å². The van der Waals surface area contributed by atoms with Gasteiger partial charge >= 0.3 is 0 Å². The molecule has 0 bridgehead atoms. The molecular weight excluding hydrogens is 404 g/mol. The van der Waals surface area contributed by atoms with Crippen LogP contribution in [0.3, 0.4) is 0 Å². The van der Waals surface area contributed by atoms with Crippen molar-refractivity contribution < 1.29 is 14.3 Å². The van der Waals surface area contributed by atoms with Crippen molar-refractivity contribution in [1.29, 1.82) is 0 Å². The molecule has 3 aromatic rings. The zero-order valence-corrected chi connectivity index (χ0v) is 18.0. The molecule has 5 rings (SSSR count). The largest absolute Gasteiger partial charge is 0.493 e. The molecule has 2 aliphatic rings. The molecule has 1 amide bonds. The number of methoxy groups -OCH3 is 2. The zero-order chi connectivity index (χ0) is 22.1. The SMILES string of the molecule is COc1cc2c(cc1OC)C1N(CC2)C(C(=O)Nc2ccccc2)=NN1c1ccccc1. The molecule has 1 N–H and O–H groups in total. The van der Waals surface area contributed by atoms with E-state index in [4.69, 9.17) is 14.6 Å². The summed E-state index contributed by atoms with van der Waals surface area (Å²) in [5.41, 5.74) is 3.85. The molecule has 7 nitrogen and oxygen atoms in total. The van der Waals surface area contributed by atoms with E-state index in [2.05, 4.69) is 10.2 Å². The number of hydrogen-bond donors (Lipinski definition) is 1. The van der Waals surface area contributed by atoms with Gasteiger partial charge in [-0.1, -0.05) is 36.4 Å². The molecule has 0 aromatic heterocycles. The van der Waals surface area contributed by atoms with Crippen molar-refractivity contribution in [1.82, 2.24) is 4.90 Å². The predicted molar refractivity (Wildman–Crippen MR) is 124 cm³/mol. The Morgan fingerprint density at radius 3 is 2.31 bits per heavy atom. The minimum Gasteiger partial charge on any atom is -0.493 e. The number of nitrogens with one attached hydrogen (secondary N) is 1. The number of carbonyl (C=O) groups is 1. The van der Waals surface area contributed by atoms with Crippen molar-refractivity contribution in [3.05, 3.63) is 83.9 Å². The van der Waals surface area contributed by atoms with E-state index in [0.29, 0.717) is 23.9 Å². The Balaban J connectivity index is 1.57. The highest BCUT2D eigenvalue weighted by atomic mass is 16.5. The summed E-state index contributed by atoms with van der Waals surface area (Å²) in [6.07, 6.45) is 0.518. The van der Waals surface area contributed by atoms with Gasteiger partial charge in [0.15, 0.2) is 17.7 Å². The first-order valence-electron chi connectivity index (χ1n) is 10.5. The molecule has 2 aliphatic heterocycles. The van der Waals surface area contributed by atoms with Crippen LogP contribution in [-0.4, -0.2) is 37.4 Å². The van der Waals surface area contributed by atoms with Crippen LogP contribution in [0.1, 0.15) is 17.3 Å². The Morgan fingerprint density at radius 1 is 0.969 bits per heavy atom. The van der Waals surface area contributed by atoms with E-state index in [9.17, 15) is 4.79 Å². The second-order valence-electron chi connectivity index (χ2n) is 7.65. The lowest BCUT2D eigenvalue weighted by molar-refractivity contribution is -0.111. The molecule has 2 heterocycles. The Hall–Kier alpha value is -4.00. The maximum Gasteiger partial charge on any atom is 0.293 e. The normalized spacial score (nSPS) is 16.7. The molecule has 3 aromatic carbocycles. The molecule has 0 spiro atoms. The van der Waals surface area contributed by atoms with Gasteiger partial charge in [0, 0.05) is 17.8 Å². The molecular formula is C25H24N4O3. The van der Waals surface area contributed by atoms with Crippen LogP contribution in [0, 0.1) is 0 Å². The van der Waals surface area contributed by atoms with E-state index >= 15 is 0 Å². The van der Waals surface area contributed by atoms with Crippen molar-refractivity contribution in [3.8, 4) is 11.5 Å². The number of carbonyl (C=O) groups excluding carboxylic acids is 1. The summed E-state index contributed by atoms with van der Waals surface area (Å²) in [6, 6.07) is 23.3. The number of benzene rings is 3. The average molecular weight is 428 g/mol. The highest BCUT2D eigenvalue weighted by Gasteiger charge is 2.42. The van der Waals surface area contributed by atoms with Crippen molar-refractivity contribution in [2.45, 2.75) is 12.6 Å². The molecule has 0 fully saturated rings. The summed E-state index contributed by atoms with van der Waals surface area (Å²) >= 11 is 0. The minimum absolute atomic E-state index is 0.233. The van der Waals surface area contributed by atoms with Crippen LogP contribution < -0.4 is 19.8 Å². The number of ether oxygens (including phenoxy) is 2. The number of nitrogens with zero attached hydrogens (tertiary/aromatic N) is 3. The van der Waals surface area contributed by atoms with Crippen molar-refractivity contribution in [2.75, 3.05) is 31.1 Å². The van der Waals surface area contributed by atoms with Crippen LogP contribution in [0.5, 0.6) is 11.5 Å². The maximum absolute atomic E-state index is 13.2. The number of anilines is 2. The van der Waals surface area contributed by atoms with Gasteiger partial charge < -0.3 is 19.7 Å². The number of amidine groups is 1. The minimum atomic E-state index is -0.252. The lowest BCUT2D eigenvalue weighted by atomic mass is 9.95. The van der Waals surface area contributed by atoms with Crippen LogP contribution >= 0.6 is 0 Å². The third kappa shape index (κ3) is 3.41. The summed E-state index contributed by atoms with van der Waals surface area (Å²) in [7, 11) is 3.27. The lowest BCUT2D eigenvalue weighted by Crippen LogP contribution is -2.44. The average Bonchev–Trinajstić information content (AvgIpc) is 3.24. The molecule has 162 valence electrons. The summed E-state index contributed by atoms with van der Waals surface area (Å²) in [5.74, 6) is 1.52. The van der Waals surface area contributed by atoms with Gasteiger partial charge in [-0.15, -0.1) is 5.10 Å². The molecule has 0 saturated heterocycles. The molecule has 0 saturated carbocycles. The number of fused-ring (bicyclic) bond motifs is 3. The predicted octanol–water partition coefficient (Wildman–Crippen LogP) is 4.03. The second-order valence-corrected chi connectivity index (χ2v) is 7.65. The number of para-hydroxylation sites is 2. The van der Waals surface area contributed by atoms with Gasteiger partial charge in [0.05, 0.1) is 19.9 Å². The van der Waals surface area contributed by atoms with E-state index in [-0.39, 0.29) is 12.1 Å². The van der Waals surface area contributed by atoms with E-state index in [1.807, 2.05) is 77.8 Å². The quantitative estimate of drug-likeness (QED) is 0.665. The van der Waals surface area contributed by atoms with Gasteiger partial charge in [0.2, 0.25) is 5.84 Å². The van der Waals surface area contributed by atoms with Crippen LogP contribution in [-0.2, 0) is 11.2 Å². The Bertz CT molecular complexity index is 1160. The highest BCUT2D eigenvalue weighted by Crippen LogP contribution is 2.43. The van der Waals surface area contributed by atoms with Crippen molar-refractivity contribution in [2.24, 2.45) is 5.10 Å². The van der Waals surface area contributed by atoms with E-state index in [0.717, 1.165) is 28.9 Å². The summed E-state index contributed by atoms with van der Waals surface area (Å²) in [6.45, 7) is 0.664. The third-order valence-corrected chi connectivity index (χ3v) is 5.80. The van der Waals surface area contributed by atoms with Crippen LogP contribution in [0.15, 0.2) is 77.9 Å². The fourth-order valence-electron chi connectivity index (χ4n) is 4.29. The first-order chi connectivity index (χ1) is 15.7.